The number of carboxylic acid groups (broad SMARTS) is 1. The standard InChI is InChI=1S/C18H20FNO3S/c1-2-10-24-18-14(4-3-9-20-18)12-23-16-7-5-13(11-15(16)19)6-8-17(21)22/h3-5,7,9,11H,2,6,8,10,12H2,1H3,(H,21,22). The van der Waals surface area contributed by atoms with Crippen LogP contribution >= 0.6 is 11.8 Å². The van der Waals surface area contributed by atoms with Crippen molar-refractivity contribution in [3.05, 3.63) is 53.5 Å². The number of aromatic nitrogens is 1. The second-order valence-corrected chi connectivity index (χ2v) is 6.35. The highest BCUT2D eigenvalue weighted by molar-refractivity contribution is 7.99. The number of pyridine rings is 1. The van der Waals surface area contributed by atoms with Gasteiger partial charge in [-0.3, -0.25) is 4.79 Å². The van der Waals surface area contributed by atoms with Crippen molar-refractivity contribution in [2.45, 2.75) is 37.8 Å². The molecule has 1 aromatic heterocycles. The topological polar surface area (TPSA) is 59.4 Å². The summed E-state index contributed by atoms with van der Waals surface area (Å²) >= 11 is 1.66. The van der Waals surface area contributed by atoms with E-state index in [2.05, 4.69) is 11.9 Å². The first-order valence-electron chi connectivity index (χ1n) is 7.80. The van der Waals surface area contributed by atoms with Crippen LogP contribution in [0, 0.1) is 5.82 Å². The fraction of sp³-hybridized carbons (Fsp3) is 0.333. The molecule has 0 spiro atoms. The van der Waals surface area contributed by atoms with Crippen LogP contribution in [0.1, 0.15) is 30.9 Å². The van der Waals surface area contributed by atoms with Crippen molar-refractivity contribution in [2.24, 2.45) is 0 Å². The molecule has 1 aromatic carbocycles. The average Bonchev–Trinajstić information content (AvgIpc) is 2.58. The van der Waals surface area contributed by atoms with Gasteiger partial charge >= 0.3 is 5.97 Å². The van der Waals surface area contributed by atoms with Gasteiger partial charge in [-0.2, -0.15) is 0 Å². The minimum atomic E-state index is -0.899. The second kappa shape index (κ2) is 9.27. The van der Waals surface area contributed by atoms with Crippen molar-refractivity contribution < 1.29 is 19.0 Å². The van der Waals surface area contributed by atoms with E-state index in [0.29, 0.717) is 12.0 Å². The summed E-state index contributed by atoms with van der Waals surface area (Å²) in [5, 5.41) is 9.57. The molecule has 0 saturated heterocycles. The first kappa shape index (κ1) is 18.3. The van der Waals surface area contributed by atoms with E-state index in [1.807, 2.05) is 12.1 Å². The van der Waals surface area contributed by atoms with Crippen LogP contribution in [0.3, 0.4) is 0 Å². The Morgan fingerprint density at radius 3 is 2.92 bits per heavy atom. The van der Waals surface area contributed by atoms with Gasteiger partial charge in [-0.05, 0) is 42.4 Å². The molecule has 2 aromatic rings. The van der Waals surface area contributed by atoms with Gasteiger partial charge in [0.2, 0.25) is 0 Å². The summed E-state index contributed by atoms with van der Waals surface area (Å²) in [7, 11) is 0. The lowest BCUT2D eigenvalue weighted by atomic mass is 10.1. The number of rotatable bonds is 9. The number of thioether (sulfide) groups is 1. The van der Waals surface area contributed by atoms with Gasteiger partial charge in [0.05, 0.1) is 0 Å². The van der Waals surface area contributed by atoms with Gasteiger partial charge in [0.25, 0.3) is 0 Å². The molecule has 0 aliphatic heterocycles. The van der Waals surface area contributed by atoms with Crippen molar-refractivity contribution in [1.29, 1.82) is 0 Å². The molecule has 6 heteroatoms. The average molecular weight is 349 g/mol. The van der Waals surface area contributed by atoms with Gasteiger partial charge in [0.15, 0.2) is 11.6 Å². The predicted molar refractivity (Wildman–Crippen MR) is 91.9 cm³/mol. The number of hydrogen-bond acceptors (Lipinski definition) is 4. The molecule has 0 atom stereocenters. The molecule has 0 saturated carbocycles. The SMILES string of the molecule is CCCSc1ncccc1COc1ccc(CCC(=O)O)cc1F. The van der Waals surface area contributed by atoms with E-state index in [0.717, 1.165) is 22.8 Å². The van der Waals surface area contributed by atoms with Crippen molar-refractivity contribution in [2.75, 3.05) is 5.75 Å². The highest BCUT2D eigenvalue weighted by Crippen LogP contribution is 2.24. The molecular formula is C18H20FNO3S. The van der Waals surface area contributed by atoms with E-state index in [9.17, 15) is 9.18 Å². The van der Waals surface area contributed by atoms with Gasteiger partial charge < -0.3 is 9.84 Å². The lowest BCUT2D eigenvalue weighted by molar-refractivity contribution is -0.136. The third-order valence-electron chi connectivity index (χ3n) is 3.30. The lowest BCUT2D eigenvalue weighted by Gasteiger charge is -2.11. The van der Waals surface area contributed by atoms with Crippen LogP contribution in [-0.2, 0) is 17.8 Å². The third kappa shape index (κ3) is 5.53. The molecule has 2 rings (SSSR count). The summed E-state index contributed by atoms with van der Waals surface area (Å²) in [5.74, 6) is -0.255. The van der Waals surface area contributed by atoms with Crippen molar-refractivity contribution in [3.8, 4) is 5.75 Å². The normalized spacial score (nSPS) is 10.6. The Balaban J connectivity index is 2.00. The maximum absolute atomic E-state index is 14.1. The maximum atomic E-state index is 14.1. The van der Waals surface area contributed by atoms with Crippen LogP contribution in [0.2, 0.25) is 0 Å². The molecule has 0 aliphatic rings. The van der Waals surface area contributed by atoms with Crippen LogP contribution < -0.4 is 4.74 Å². The first-order valence-corrected chi connectivity index (χ1v) is 8.78. The molecule has 0 unspecified atom stereocenters. The van der Waals surface area contributed by atoms with Gasteiger partial charge in [-0.15, -0.1) is 11.8 Å². The molecule has 0 amide bonds. The maximum Gasteiger partial charge on any atom is 0.303 e. The molecule has 128 valence electrons. The molecule has 4 nitrogen and oxygen atoms in total. The Labute approximate surface area is 145 Å². The van der Waals surface area contributed by atoms with Gasteiger partial charge in [0, 0.05) is 18.2 Å². The number of hydrogen-bond donors (Lipinski definition) is 1. The van der Waals surface area contributed by atoms with Crippen LogP contribution in [0.4, 0.5) is 4.39 Å². The van der Waals surface area contributed by atoms with Crippen LogP contribution in [0.15, 0.2) is 41.6 Å². The number of nitrogens with zero attached hydrogens (tertiary/aromatic N) is 1. The number of carbonyl (C=O) groups is 1. The molecule has 0 bridgehead atoms. The van der Waals surface area contributed by atoms with Gasteiger partial charge in [-0.25, -0.2) is 9.37 Å². The first-order chi connectivity index (χ1) is 11.6. The number of benzene rings is 1. The molecule has 0 fully saturated rings. The number of carboxylic acids is 1. The fourth-order valence-corrected chi connectivity index (χ4v) is 2.93. The van der Waals surface area contributed by atoms with Crippen LogP contribution in [0.25, 0.3) is 0 Å². The molecular weight excluding hydrogens is 329 g/mol. The minimum Gasteiger partial charge on any atom is -0.486 e. The number of halogens is 1. The number of aliphatic carboxylic acids is 1. The van der Waals surface area contributed by atoms with E-state index in [1.165, 1.54) is 6.07 Å². The molecule has 1 N–H and O–H groups in total. The Morgan fingerprint density at radius 2 is 2.21 bits per heavy atom. The summed E-state index contributed by atoms with van der Waals surface area (Å²) < 4.78 is 19.7. The zero-order valence-corrected chi connectivity index (χ0v) is 14.3. The zero-order valence-electron chi connectivity index (χ0n) is 13.5. The highest BCUT2D eigenvalue weighted by atomic mass is 32.2. The van der Waals surface area contributed by atoms with E-state index in [-0.39, 0.29) is 18.8 Å². The number of ether oxygens (including phenoxy) is 1. The summed E-state index contributed by atoms with van der Waals surface area (Å²) in [6, 6.07) is 8.32. The smallest absolute Gasteiger partial charge is 0.303 e. The van der Waals surface area contributed by atoms with Crippen LogP contribution in [-0.4, -0.2) is 21.8 Å². The zero-order chi connectivity index (χ0) is 17.4. The Bertz CT molecular complexity index is 694. The molecule has 1 heterocycles. The number of aryl methyl sites for hydroxylation is 1. The van der Waals surface area contributed by atoms with Gasteiger partial charge in [-0.1, -0.05) is 19.1 Å². The summed E-state index contributed by atoms with van der Waals surface area (Å²) in [6.07, 6.45) is 3.06. The summed E-state index contributed by atoms with van der Waals surface area (Å²) in [5.41, 5.74) is 1.56. The van der Waals surface area contributed by atoms with Crippen molar-refractivity contribution >= 4 is 17.7 Å². The predicted octanol–water partition coefficient (Wildman–Crippen LogP) is 4.32. The van der Waals surface area contributed by atoms with E-state index in [4.69, 9.17) is 9.84 Å². The monoisotopic (exact) mass is 349 g/mol. The molecule has 0 aliphatic carbocycles. The van der Waals surface area contributed by atoms with E-state index < -0.39 is 11.8 Å². The van der Waals surface area contributed by atoms with Crippen LogP contribution in [0.5, 0.6) is 5.75 Å². The summed E-state index contributed by atoms with van der Waals surface area (Å²) in [4.78, 5) is 14.9. The van der Waals surface area contributed by atoms with Crippen molar-refractivity contribution in [3.63, 3.8) is 0 Å². The lowest BCUT2D eigenvalue weighted by Crippen LogP contribution is -2.02. The quantitative estimate of drug-likeness (QED) is 0.683. The second-order valence-electron chi connectivity index (χ2n) is 5.26. The largest absolute Gasteiger partial charge is 0.486 e. The highest BCUT2D eigenvalue weighted by Gasteiger charge is 2.09. The Hall–Kier alpha value is -2.08. The molecule has 24 heavy (non-hydrogen) atoms. The Kier molecular flexibility index (Phi) is 7.06. The fourth-order valence-electron chi connectivity index (χ4n) is 2.09. The van der Waals surface area contributed by atoms with Gasteiger partial charge in [0.1, 0.15) is 11.6 Å². The minimum absolute atomic E-state index is 0.0205. The Morgan fingerprint density at radius 1 is 1.38 bits per heavy atom. The van der Waals surface area contributed by atoms with E-state index in [1.54, 1.807) is 30.1 Å². The van der Waals surface area contributed by atoms with E-state index >= 15 is 0 Å². The summed E-state index contributed by atoms with van der Waals surface area (Å²) in [6.45, 7) is 2.35. The third-order valence-corrected chi connectivity index (χ3v) is 4.55. The molecule has 0 radical (unpaired) electrons. The van der Waals surface area contributed by atoms with Crippen molar-refractivity contribution in [1.82, 2.24) is 4.98 Å².